The van der Waals surface area contributed by atoms with Crippen LogP contribution in [0, 0.1) is 6.92 Å². The van der Waals surface area contributed by atoms with E-state index in [1.54, 1.807) is 6.92 Å². The second-order valence-electron chi connectivity index (χ2n) is 3.95. The zero-order valence-corrected chi connectivity index (χ0v) is 11.8. The number of anilines is 2. The Labute approximate surface area is 115 Å². The lowest BCUT2D eigenvalue weighted by Gasteiger charge is -2.09. The normalized spacial score (nSPS) is 11.5. The van der Waals surface area contributed by atoms with Crippen LogP contribution in [0.5, 0.6) is 0 Å². The molecule has 2 rings (SSSR count). The summed E-state index contributed by atoms with van der Waals surface area (Å²) in [5, 5.41) is 3.70. The molecular formula is C10H12ClN5O2S. The van der Waals surface area contributed by atoms with E-state index in [1.807, 2.05) is 0 Å². The zero-order chi connectivity index (χ0) is 14.2. The number of sulfonamides is 1. The lowest BCUT2D eigenvalue weighted by Crippen LogP contribution is -2.18. The summed E-state index contributed by atoms with van der Waals surface area (Å²) < 4.78 is 27.9. The van der Waals surface area contributed by atoms with Gasteiger partial charge in [-0.05, 0) is 18.6 Å². The first kappa shape index (κ1) is 13.6. The topological polar surface area (TPSA) is 103 Å². The summed E-state index contributed by atoms with van der Waals surface area (Å²) in [6.45, 7) is 1.76. The highest BCUT2D eigenvalue weighted by Gasteiger charge is 2.23. The Morgan fingerprint density at radius 2 is 2.11 bits per heavy atom. The van der Waals surface area contributed by atoms with Crippen LogP contribution in [0.1, 0.15) is 5.56 Å². The Morgan fingerprint density at radius 3 is 2.63 bits per heavy atom. The van der Waals surface area contributed by atoms with E-state index in [0.29, 0.717) is 5.69 Å². The Balaban J connectivity index is 2.39. The maximum absolute atomic E-state index is 12.2. The van der Waals surface area contributed by atoms with Crippen LogP contribution < -0.4 is 10.5 Å². The largest absolute Gasteiger partial charge is 0.397 e. The molecule has 0 unspecified atom stereocenters. The van der Waals surface area contributed by atoms with Crippen molar-refractivity contribution in [1.29, 1.82) is 0 Å². The summed E-state index contributed by atoms with van der Waals surface area (Å²) in [4.78, 5) is 3.91. The van der Waals surface area contributed by atoms with Crippen molar-refractivity contribution in [1.82, 2.24) is 14.8 Å². The summed E-state index contributed by atoms with van der Waals surface area (Å²) in [5.41, 5.74) is 6.83. The number of nitrogen functional groups attached to an aromatic ring is 1. The van der Waals surface area contributed by atoms with Crippen molar-refractivity contribution >= 4 is 33.1 Å². The molecule has 3 N–H and O–H groups in total. The third-order valence-electron chi connectivity index (χ3n) is 2.49. The third kappa shape index (κ3) is 2.64. The first-order chi connectivity index (χ1) is 8.81. The Morgan fingerprint density at radius 1 is 1.42 bits per heavy atom. The number of hydrogen-bond acceptors (Lipinski definition) is 5. The van der Waals surface area contributed by atoms with Gasteiger partial charge in [-0.3, -0.25) is 9.40 Å². The Hall–Kier alpha value is -1.80. The minimum absolute atomic E-state index is 0.0437. The maximum Gasteiger partial charge on any atom is 0.281 e. The lowest BCUT2D eigenvalue weighted by molar-refractivity contribution is 0.582. The molecule has 0 bridgehead atoms. The number of nitrogens with zero attached hydrogens (tertiary/aromatic N) is 3. The van der Waals surface area contributed by atoms with Crippen LogP contribution in [0.25, 0.3) is 0 Å². The SMILES string of the molecule is Cc1cc(NS(=O)(=O)c2c(Cl)cnn2C)ncc1N. The fourth-order valence-electron chi connectivity index (χ4n) is 1.51. The first-order valence-corrected chi connectivity index (χ1v) is 7.10. The van der Waals surface area contributed by atoms with Gasteiger partial charge in [0.2, 0.25) is 0 Å². The van der Waals surface area contributed by atoms with Crippen LogP contribution in [0.4, 0.5) is 11.5 Å². The first-order valence-electron chi connectivity index (χ1n) is 5.23. The van der Waals surface area contributed by atoms with Crippen molar-refractivity contribution in [3.63, 3.8) is 0 Å². The molecule has 2 aromatic rings. The summed E-state index contributed by atoms with van der Waals surface area (Å²) in [6.07, 6.45) is 2.65. The minimum Gasteiger partial charge on any atom is -0.397 e. The molecule has 0 aliphatic rings. The van der Waals surface area contributed by atoms with E-state index in [4.69, 9.17) is 17.3 Å². The molecule has 102 valence electrons. The molecule has 19 heavy (non-hydrogen) atoms. The predicted molar refractivity (Wildman–Crippen MR) is 72.4 cm³/mol. The highest BCUT2D eigenvalue weighted by Crippen LogP contribution is 2.23. The van der Waals surface area contributed by atoms with Gasteiger partial charge in [0.15, 0.2) is 5.03 Å². The second kappa shape index (κ2) is 4.71. The van der Waals surface area contributed by atoms with E-state index in [-0.39, 0.29) is 15.9 Å². The highest BCUT2D eigenvalue weighted by atomic mass is 35.5. The fraction of sp³-hybridized carbons (Fsp3) is 0.200. The van der Waals surface area contributed by atoms with Gasteiger partial charge in [0.05, 0.1) is 23.1 Å². The number of nitrogens with one attached hydrogen (secondary N) is 1. The van der Waals surface area contributed by atoms with Gasteiger partial charge < -0.3 is 5.73 Å². The maximum atomic E-state index is 12.2. The molecule has 0 radical (unpaired) electrons. The van der Waals surface area contributed by atoms with Gasteiger partial charge in [0, 0.05) is 7.05 Å². The summed E-state index contributed by atoms with van der Waals surface area (Å²) in [7, 11) is -2.36. The minimum atomic E-state index is -3.85. The molecule has 0 fully saturated rings. The molecule has 7 nitrogen and oxygen atoms in total. The van der Waals surface area contributed by atoms with Crippen LogP contribution in [-0.2, 0) is 17.1 Å². The molecule has 0 amide bonds. The number of rotatable bonds is 3. The fourth-order valence-corrected chi connectivity index (χ4v) is 3.17. The molecule has 0 saturated carbocycles. The van der Waals surface area contributed by atoms with Gasteiger partial charge in [-0.2, -0.15) is 13.5 Å². The van der Waals surface area contributed by atoms with Crippen LogP contribution in [0.15, 0.2) is 23.5 Å². The molecule has 9 heteroatoms. The van der Waals surface area contributed by atoms with Crippen molar-refractivity contribution in [3.8, 4) is 0 Å². The molecule has 0 aromatic carbocycles. The summed E-state index contributed by atoms with van der Waals surface area (Å²) in [5.74, 6) is 0.170. The second-order valence-corrected chi connectivity index (χ2v) is 5.96. The summed E-state index contributed by atoms with van der Waals surface area (Å²) in [6, 6.07) is 1.54. The van der Waals surface area contributed by atoms with Crippen LogP contribution >= 0.6 is 11.6 Å². The quantitative estimate of drug-likeness (QED) is 0.885. The molecular weight excluding hydrogens is 290 g/mol. The van der Waals surface area contributed by atoms with Crippen molar-refractivity contribution in [2.24, 2.45) is 7.05 Å². The van der Waals surface area contributed by atoms with Gasteiger partial charge in [-0.15, -0.1) is 0 Å². The highest BCUT2D eigenvalue weighted by molar-refractivity contribution is 7.92. The zero-order valence-electron chi connectivity index (χ0n) is 10.3. The Bertz CT molecular complexity index is 706. The van der Waals surface area contributed by atoms with Gasteiger partial charge in [-0.25, -0.2) is 4.98 Å². The number of halogens is 1. The van der Waals surface area contributed by atoms with Gasteiger partial charge >= 0.3 is 0 Å². The van der Waals surface area contributed by atoms with Crippen LogP contribution in [0.3, 0.4) is 0 Å². The molecule has 0 spiro atoms. The van der Waals surface area contributed by atoms with E-state index in [9.17, 15) is 8.42 Å². The number of nitrogens with two attached hydrogens (primary N) is 1. The average molecular weight is 302 g/mol. The van der Waals surface area contributed by atoms with Crippen molar-refractivity contribution in [2.75, 3.05) is 10.5 Å². The predicted octanol–water partition coefficient (Wildman–Crippen LogP) is 1.16. The van der Waals surface area contributed by atoms with E-state index in [2.05, 4.69) is 14.8 Å². The smallest absolute Gasteiger partial charge is 0.281 e. The number of aryl methyl sites for hydroxylation is 2. The number of aromatic nitrogens is 3. The lowest BCUT2D eigenvalue weighted by atomic mass is 10.2. The monoisotopic (exact) mass is 301 g/mol. The summed E-state index contributed by atoms with van der Waals surface area (Å²) >= 11 is 5.81. The van der Waals surface area contributed by atoms with Crippen molar-refractivity contribution in [3.05, 3.63) is 29.0 Å². The molecule has 0 aliphatic carbocycles. The van der Waals surface area contributed by atoms with Gasteiger partial charge in [-0.1, -0.05) is 11.6 Å². The molecule has 0 aliphatic heterocycles. The Kier molecular flexibility index (Phi) is 3.38. The third-order valence-corrected chi connectivity index (χ3v) is 4.35. The molecule has 2 aromatic heterocycles. The van der Waals surface area contributed by atoms with Crippen molar-refractivity contribution < 1.29 is 8.42 Å². The number of pyridine rings is 1. The molecule has 0 atom stereocenters. The van der Waals surface area contributed by atoms with E-state index in [0.717, 1.165) is 5.56 Å². The molecule has 2 heterocycles. The van der Waals surface area contributed by atoms with Gasteiger partial charge in [0.25, 0.3) is 10.0 Å². The standard InChI is InChI=1S/C10H12ClN5O2S/c1-6-3-9(13-5-8(6)12)15-19(17,18)10-7(11)4-14-16(10)2/h3-5H,12H2,1-2H3,(H,13,15). The van der Waals surface area contributed by atoms with E-state index >= 15 is 0 Å². The van der Waals surface area contributed by atoms with Crippen molar-refractivity contribution in [2.45, 2.75) is 11.9 Å². The van der Waals surface area contributed by atoms with E-state index < -0.39 is 10.0 Å². The van der Waals surface area contributed by atoms with Crippen LogP contribution in [0.2, 0.25) is 5.02 Å². The number of hydrogen-bond donors (Lipinski definition) is 2. The van der Waals surface area contributed by atoms with E-state index in [1.165, 1.54) is 30.2 Å². The van der Waals surface area contributed by atoms with Gasteiger partial charge in [0.1, 0.15) is 5.82 Å². The van der Waals surface area contributed by atoms with Crippen LogP contribution in [-0.4, -0.2) is 23.2 Å². The average Bonchev–Trinajstić information content (AvgIpc) is 2.64. The molecule has 0 saturated heterocycles.